The van der Waals surface area contributed by atoms with Gasteiger partial charge in [0.15, 0.2) is 5.13 Å². The minimum absolute atomic E-state index is 0.0416. The van der Waals surface area contributed by atoms with Gasteiger partial charge in [-0.05, 0) is 43.0 Å². The lowest BCUT2D eigenvalue weighted by molar-refractivity contribution is 0.0950. The number of carbonyl (C=O) groups excluding carboxylic acids is 1. The molecule has 1 aliphatic rings. The second-order valence-corrected chi connectivity index (χ2v) is 7.20. The lowest BCUT2D eigenvalue weighted by Gasteiger charge is -2.23. The summed E-state index contributed by atoms with van der Waals surface area (Å²) in [6.45, 7) is 2.55. The second-order valence-electron chi connectivity index (χ2n) is 6.37. The first-order chi connectivity index (χ1) is 11.6. The maximum absolute atomic E-state index is 12.4. The number of anilines is 1. The third-order valence-corrected chi connectivity index (χ3v) is 5.33. The molecule has 0 saturated carbocycles. The number of rotatable bonds is 5. The van der Waals surface area contributed by atoms with Crippen molar-refractivity contribution in [2.45, 2.75) is 25.3 Å². The highest BCUT2D eigenvalue weighted by Gasteiger charge is 2.16. The van der Waals surface area contributed by atoms with Crippen LogP contribution in [0.4, 0.5) is 5.13 Å². The number of nitrogens with one attached hydrogen (secondary N) is 2. The molecular formula is C18H24N4OS. The van der Waals surface area contributed by atoms with Gasteiger partial charge >= 0.3 is 0 Å². The van der Waals surface area contributed by atoms with Gasteiger partial charge in [-0.25, -0.2) is 4.98 Å². The molecule has 1 amide bonds. The van der Waals surface area contributed by atoms with Gasteiger partial charge in [-0.2, -0.15) is 0 Å². The normalized spacial score (nSPS) is 17.5. The van der Waals surface area contributed by atoms with Gasteiger partial charge < -0.3 is 15.5 Å². The lowest BCUT2D eigenvalue weighted by Crippen LogP contribution is -2.28. The van der Waals surface area contributed by atoms with Crippen LogP contribution in [0.2, 0.25) is 0 Å². The number of thiazole rings is 1. The number of aromatic nitrogens is 1. The fraction of sp³-hybridized carbons (Fsp3) is 0.444. The Morgan fingerprint density at radius 2 is 2.33 bits per heavy atom. The Balaban J connectivity index is 1.61. The van der Waals surface area contributed by atoms with E-state index in [4.69, 9.17) is 0 Å². The summed E-state index contributed by atoms with van der Waals surface area (Å²) in [6.07, 6.45) is 2.38. The molecular weight excluding hydrogens is 320 g/mol. The molecule has 2 aromatic rings. The first kappa shape index (κ1) is 16.9. The predicted octanol–water partition coefficient (Wildman–Crippen LogP) is 2.61. The molecule has 1 aliphatic heterocycles. The van der Waals surface area contributed by atoms with Gasteiger partial charge in [0.05, 0.1) is 12.2 Å². The first-order valence-electron chi connectivity index (χ1n) is 8.34. The van der Waals surface area contributed by atoms with Crippen LogP contribution >= 0.6 is 11.3 Å². The smallest absolute Gasteiger partial charge is 0.251 e. The molecule has 24 heavy (non-hydrogen) atoms. The molecule has 1 aromatic carbocycles. The quantitative estimate of drug-likeness (QED) is 0.875. The highest BCUT2D eigenvalue weighted by molar-refractivity contribution is 7.13. The third-order valence-electron chi connectivity index (χ3n) is 4.27. The molecule has 3 rings (SSSR count). The monoisotopic (exact) mass is 344 g/mol. The third kappa shape index (κ3) is 4.13. The number of carbonyl (C=O) groups is 1. The van der Waals surface area contributed by atoms with Gasteiger partial charge in [-0.15, -0.1) is 11.3 Å². The summed E-state index contributed by atoms with van der Waals surface area (Å²) in [4.78, 5) is 18.9. The van der Waals surface area contributed by atoms with Crippen LogP contribution in [0.25, 0.3) is 0 Å². The molecule has 0 spiro atoms. The maximum Gasteiger partial charge on any atom is 0.251 e. The summed E-state index contributed by atoms with van der Waals surface area (Å²) in [5, 5.41) is 9.33. The van der Waals surface area contributed by atoms with Crippen LogP contribution in [-0.4, -0.2) is 38.1 Å². The van der Waals surface area contributed by atoms with Crippen molar-refractivity contribution in [3.63, 3.8) is 0 Å². The minimum atomic E-state index is -0.0416. The van der Waals surface area contributed by atoms with Crippen molar-refractivity contribution in [2.75, 3.05) is 32.1 Å². The van der Waals surface area contributed by atoms with Crippen LogP contribution in [0.1, 0.15) is 40.4 Å². The molecule has 0 aliphatic carbocycles. The molecule has 1 saturated heterocycles. The van der Waals surface area contributed by atoms with Crippen molar-refractivity contribution in [1.29, 1.82) is 0 Å². The molecule has 1 unspecified atom stereocenters. The van der Waals surface area contributed by atoms with Crippen LogP contribution in [0, 0.1) is 0 Å². The van der Waals surface area contributed by atoms with E-state index in [9.17, 15) is 4.79 Å². The lowest BCUT2D eigenvalue weighted by atomic mass is 9.90. The fourth-order valence-electron chi connectivity index (χ4n) is 2.93. The standard InChI is InChI=1S/C18H24N4OS/c1-22(2)18-21-16(12-24-18)11-20-17(23)14-6-3-5-13(9-14)15-7-4-8-19-10-15/h3,5-6,9,12,15,19H,4,7-8,10-11H2,1-2H3,(H,20,23). The van der Waals surface area contributed by atoms with Crippen molar-refractivity contribution in [3.8, 4) is 0 Å². The summed E-state index contributed by atoms with van der Waals surface area (Å²) >= 11 is 1.58. The summed E-state index contributed by atoms with van der Waals surface area (Å²) in [7, 11) is 3.93. The Labute approximate surface area is 147 Å². The largest absolute Gasteiger partial charge is 0.354 e. The van der Waals surface area contributed by atoms with E-state index in [-0.39, 0.29) is 5.91 Å². The first-order valence-corrected chi connectivity index (χ1v) is 9.22. The Morgan fingerprint density at radius 1 is 1.46 bits per heavy atom. The molecule has 1 aromatic heterocycles. The summed E-state index contributed by atoms with van der Waals surface area (Å²) < 4.78 is 0. The highest BCUT2D eigenvalue weighted by atomic mass is 32.1. The zero-order chi connectivity index (χ0) is 16.9. The second kappa shape index (κ2) is 7.77. The Bertz CT molecular complexity index is 692. The number of nitrogens with zero attached hydrogens (tertiary/aromatic N) is 2. The number of benzene rings is 1. The maximum atomic E-state index is 12.4. The van der Waals surface area contributed by atoms with Gasteiger partial charge in [0, 0.05) is 31.6 Å². The summed E-state index contributed by atoms with van der Waals surface area (Å²) in [5.74, 6) is 0.465. The van der Waals surface area contributed by atoms with E-state index in [0.717, 1.165) is 29.5 Å². The Kier molecular flexibility index (Phi) is 5.48. The van der Waals surface area contributed by atoms with E-state index in [0.29, 0.717) is 12.5 Å². The van der Waals surface area contributed by atoms with E-state index in [1.807, 2.05) is 42.6 Å². The fourth-order valence-corrected chi connectivity index (χ4v) is 3.68. The van der Waals surface area contributed by atoms with Gasteiger partial charge in [0.2, 0.25) is 0 Å². The van der Waals surface area contributed by atoms with Gasteiger partial charge in [-0.3, -0.25) is 4.79 Å². The van der Waals surface area contributed by atoms with E-state index in [2.05, 4.69) is 21.7 Å². The number of amides is 1. The van der Waals surface area contributed by atoms with Crippen LogP contribution in [-0.2, 0) is 6.54 Å². The molecule has 0 radical (unpaired) electrons. The average Bonchev–Trinajstić information content (AvgIpc) is 3.10. The van der Waals surface area contributed by atoms with Crippen molar-refractivity contribution in [1.82, 2.24) is 15.6 Å². The summed E-state index contributed by atoms with van der Waals surface area (Å²) in [5.41, 5.74) is 2.87. The molecule has 0 bridgehead atoms. The molecule has 2 N–H and O–H groups in total. The number of hydrogen-bond donors (Lipinski definition) is 2. The highest BCUT2D eigenvalue weighted by Crippen LogP contribution is 2.24. The van der Waals surface area contributed by atoms with Crippen molar-refractivity contribution < 1.29 is 4.79 Å². The zero-order valence-electron chi connectivity index (χ0n) is 14.2. The van der Waals surface area contributed by atoms with Gasteiger partial charge in [0.25, 0.3) is 5.91 Å². The molecule has 2 heterocycles. The molecule has 5 nitrogen and oxygen atoms in total. The SMILES string of the molecule is CN(C)c1nc(CNC(=O)c2cccc(C3CCCNC3)c2)cs1. The van der Waals surface area contributed by atoms with Crippen LogP contribution in [0.3, 0.4) is 0 Å². The Hall–Kier alpha value is -1.92. The number of piperidine rings is 1. The van der Waals surface area contributed by atoms with Crippen LogP contribution in [0.5, 0.6) is 0 Å². The molecule has 128 valence electrons. The minimum Gasteiger partial charge on any atom is -0.354 e. The van der Waals surface area contributed by atoms with E-state index in [1.165, 1.54) is 18.4 Å². The topological polar surface area (TPSA) is 57.3 Å². The average molecular weight is 344 g/mol. The van der Waals surface area contributed by atoms with Gasteiger partial charge in [-0.1, -0.05) is 12.1 Å². The zero-order valence-corrected chi connectivity index (χ0v) is 15.0. The van der Waals surface area contributed by atoms with E-state index < -0.39 is 0 Å². The molecule has 6 heteroatoms. The summed E-state index contributed by atoms with van der Waals surface area (Å²) in [6, 6.07) is 8.00. The number of hydrogen-bond acceptors (Lipinski definition) is 5. The van der Waals surface area contributed by atoms with Crippen LogP contribution in [0.15, 0.2) is 29.6 Å². The van der Waals surface area contributed by atoms with Crippen molar-refractivity contribution in [3.05, 3.63) is 46.5 Å². The van der Waals surface area contributed by atoms with E-state index >= 15 is 0 Å². The molecule has 1 atom stereocenters. The molecule has 1 fully saturated rings. The van der Waals surface area contributed by atoms with Crippen molar-refractivity contribution in [2.24, 2.45) is 0 Å². The van der Waals surface area contributed by atoms with E-state index in [1.54, 1.807) is 11.3 Å². The predicted molar refractivity (Wildman–Crippen MR) is 98.9 cm³/mol. The van der Waals surface area contributed by atoms with Gasteiger partial charge in [0.1, 0.15) is 0 Å². The van der Waals surface area contributed by atoms with Crippen molar-refractivity contribution >= 4 is 22.4 Å². The van der Waals surface area contributed by atoms with Crippen LogP contribution < -0.4 is 15.5 Å². The Morgan fingerprint density at radius 3 is 3.04 bits per heavy atom.